The highest BCUT2D eigenvalue weighted by atomic mass is 35.5. The third-order valence-corrected chi connectivity index (χ3v) is 5.88. The minimum atomic E-state index is -0.134. The molecule has 3 rings (SSSR count). The molecule has 26 heavy (non-hydrogen) atoms. The number of carbonyl (C=O) groups excluding carboxylic acids is 2. The number of hydrogen-bond donors (Lipinski definition) is 1. The Morgan fingerprint density at radius 2 is 1.96 bits per heavy atom. The van der Waals surface area contributed by atoms with Gasteiger partial charge in [-0.15, -0.1) is 0 Å². The van der Waals surface area contributed by atoms with Crippen LogP contribution >= 0.6 is 11.6 Å². The zero-order valence-corrected chi connectivity index (χ0v) is 16.1. The van der Waals surface area contributed by atoms with E-state index in [1.165, 1.54) is 11.4 Å². The number of hydrogen-bond acceptors (Lipinski definition) is 3. The Labute approximate surface area is 159 Å². The zero-order valence-electron chi connectivity index (χ0n) is 15.4. The summed E-state index contributed by atoms with van der Waals surface area (Å²) in [5.74, 6) is 0.825. The minimum absolute atomic E-state index is 0.0203. The molecule has 1 aromatic rings. The molecule has 0 aromatic heterocycles. The van der Waals surface area contributed by atoms with Crippen molar-refractivity contribution >= 4 is 29.1 Å². The maximum Gasteiger partial charge on any atom is 0.243 e. The fourth-order valence-electron chi connectivity index (χ4n) is 3.75. The molecule has 0 unspecified atom stereocenters. The fourth-order valence-corrected chi connectivity index (χ4v) is 3.87. The van der Waals surface area contributed by atoms with Crippen LogP contribution in [0.3, 0.4) is 0 Å². The van der Waals surface area contributed by atoms with Gasteiger partial charge in [-0.2, -0.15) is 5.10 Å². The van der Waals surface area contributed by atoms with Crippen LogP contribution in [0.5, 0.6) is 0 Å². The number of halogens is 1. The normalized spacial score (nSPS) is 26.4. The van der Waals surface area contributed by atoms with Crippen LogP contribution in [-0.2, 0) is 9.59 Å². The predicted molar refractivity (Wildman–Crippen MR) is 103 cm³/mol. The molecule has 0 radical (unpaired) electrons. The van der Waals surface area contributed by atoms with E-state index in [9.17, 15) is 9.59 Å². The molecule has 5 nitrogen and oxygen atoms in total. The lowest BCUT2D eigenvalue weighted by Gasteiger charge is -2.35. The lowest BCUT2D eigenvalue weighted by molar-refractivity contribution is -0.137. The van der Waals surface area contributed by atoms with Crippen LogP contribution in [0.2, 0.25) is 5.02 Å². The molecule has 6 heteroatoms. The van der Waals surface area contributed by atoms with Crippen molar-refractivity contribution in [1.82, 2.24) is 10.3 Å². The topological polar surface area (TPSA) is 61.8 Å². The maximum absolute atomic E-state index is 12.5. The molecule has 2 aliphatic rings. The molecule has 1 heterocycles. The Kier molecular flexibility index (Phi) is 5.97. The quantitative estimate of drug-likeness (QED) is 0.873. The Hall–Kier alpha value is -1.88. The van der Waals surface area contributed by atoms with Crippen LogP contribution in [0.25, 0.3) is 0 Å². The van der Waals surface area contributed by atoms with Gasteiger partial charge in [0, 0.05) is 23.9 Å². The first-order valence-corrected chi connectivity index (χ1v) is 9.75. The van der Waals surface area contributed by atoms with Gasteiger partial charge in [-0.3, -0.25) is 9.59 Å². The monoisotopic (exact) mass is 375 g/mol. The van der Waals surface area contributed by atoms with E-state index in [0.717, 1.165) is 24.1 Å². The predicted octanol–water partition coefficient (Wildman–Crippen LogP) is 3.61. The third-order valence-electron chi connectivity index (χ3n) is 5.63. The molecule has 0 bridgehead atoms. The van der Waals surface area contributed by atoms with E-state index >= 15 is 0 Å². The summed E-state index contributed by atoms with van der Waals surface area (Å²) >= 11 is 5.93. The van der Waals surface area contributed by atoms with Crippen LogP contribution in [0.1, 0.15) is 51.5 Å². The van der Waals surface area contributed by atoms with E-state index in [1.807, 2.05) is 12.1 Å². The lowest BCUT2D eigenvalue weighted by Crippen LogP contribution is -2.48. The van der Waals surface area contributed by atoms with Crippen molar-refractivity contribution in [2.45, 2.75) is 52.0 Å². The standard InChI is InChI=1S/C20H26ClN3O2/c1-13-4-3-5-17(14(13)2)22-19(25)12-24-20(26)11-10-18(23-24)15-6-8-16(21)9-7-15/h6-9,13-14,17H,3-5,10-12H2,1-2H3,(H,22,25)/t13-,14+,17+/m1/s1. The largest absolute Gasteiger partial charge is 0.351 e. The van der Waals surface area contributed by atoms with Gasteiger partial charge in [0.2, 0.25) is 11.8 Å². The van der Waals surface area contributed by atoms with Crippen LogP contribution in [0, 0.1) is 11.8 Å². The molecule has 3 atom stereocenters. The SMILES string of the molecule is C[C@H]1[C@H](C)CCC[C@@H]1NC(=O)CN1N=C(c2ccc(Cl)cc2)CCC1=O. The van der Waals surface area contributed by atoms with E-state index in [-0.39, 0.29) is 24.4 Å². The van der Waals surface area contributed by atoms with Gasteiger partial charge in [-0.25, -0.2) is 5.01 Å². The number of rotatable bonds is 4. The van der Waals surface area contributed by atoms with Crippen molar-refractivity contribution < 1.29 is 9.59 Å². The molecule has 1 fully saturated rings. The van der Waals surface area contributed by atoms with Crippen molar-refractivity contribution in [2.24, 2.45) is 16.9 Å². The first-order valence-electron chi connectivity index (χ1n) is 9.37. The summed E-state index contributed by atoms with van der Waals surface area (Å²) in [6.07, 6.45) is 4.30. The van der Waals surface area contributed by atoms with Gasteiger partial charge in [0.05, 0.1) is 5.71 Å². The van der Waals surface area contributed by atoms with E-state index in [1.54, 1.807) is 12.1 Å². The molecule has 0 saturated heterocycles. The number of nitrogens with zero attached hydrogens (tertiary/aromatic N) is 2. The summed E-state index contributed by atoms with van der Waals surface area (Å²) in [4.78, 5) is 24.7. The van der Waals surface area contributed by atoms with Gasteiger partial charge in [0.1, 0.15) is 6.54 Å². The summed E-state index contributed by atoms with van der Waals surface area (Å²) < 4.78 is 0. The van der Waals surface area contributed by atoms with Crippen LogP contribution in [-0.4, -0.2) is 35.1 Å². The Morgan fingerprint density at radius 3 is 2.69 bits per heavy atom. The second-order valence-electron chi connectivity index (χ2n) is 7.45. The molecular weight excluding hydrogens is 350 g/mol. The minimum Gasteiger partial charge on any atom is -0.351 e. The van der Waals surface area contributed by atoms with Crippen LogP contribution < -0.4 is 5.32 Å². The zero-order chi connectivity index (χ0) is 18.7. The van der Waals surface area contributed by atoms with Crippen LogP contribution in [0.4, 0.5) is 0 Å². The third kappa shape index (κ3) is 4.44. The smallest absolute Gasteiger partial charge is 0.243 e. The number of hydrazone groups is 1. The van der Waals surface area contributed by atoms with Crippen molar-refractivity contribution in [2.75, 3.05) is 6.54 Å². The van der Waals surface area contributed by atoms with Crippen molar-refractivity contribution in [1.29, 1.82) is 0 Å². The molecule has 140 valence electrons. The molecule has 1 aliphatic heterocycles. The molecule has 0 spiro atoms. The fraction of sp³-hybridized carbons (Fsp3) is 0.550. The summed E-state index contributed by atoms with van der Waals surface area (Å²) in [6, 6.07) is 7.57. The molecule has 1 N–H and O–H groups in total. The summed E-state index contributed by atoms with van der Waals surface area (Å²) in [5, 5.41) is 9.50. The Bertz CT molecular complexity index is 702. The van der Waals surface area contributed by atoms with Gasteiger partial charge in [0.25, 0.3) is 0 Å². The number of amides is 2. The van der Waals surface area contributed by atoms with Crippen LogP contribution in [0.15, 0.2) is 29.4 Å². The van der Waals surface area contributed by atoms with Crippen molar-refractivity contribution in [3.05, 3.63) is 34.9 Å². The van der Waals surface area contributed by atoms with Gasteiger partial charge in [0.15, 0.2) is 0 Å². The molecule has 1 aliphatic carbocycles. The summed E-state index contributed by atoms with van der Waals surface area (Å²) in [5.41, 5.74) is 1.75. The lowest BCUT2D eigenvalue weighted by atomic mass is 9.78. The molecule has 2 amide bonds. The second kappa shape index (κ2) is 8.21. The average molecular weight is 376 g/mol. The molecular formula is C20H26ClN3O2. The maximum atomic E-state index is 12.5. The Balaban J connectivity index is 1.65. The number of nitrogens with one attached hydrogen (secondary N) is 1. The number of carbonyl (C=O) groups is 2. The first-order chi connectivity index (χ1) is 12.4. The van der Waals surface area contributed by atoms with E-state index in [4.69, 9.17) is 11.6 Å². The highest BCUT2D eigenvalue weighted by Gasteiger charge is 2.29. The summed E-state index contributed by atoms with van der Waals surface area (Å²) in [6.45, 7) is 4.41. The van der Waals surface area contributed by atoms with Crippen molar-refractivity contribution in [3.63, 3.8) is 0 Å². The highest BCUT2D eigenvalue weighted by molar-refractivity contribution is 6.30. The van der Waals surface area contributed by atoms with E-state index < -0.39 is 0 Å². The van der Waals surface area contributed by atoms with E-state index in [0.29, 0.717) is 29.7 Å². The average Bonchev–Trinajstić information content (AvgIpc) is 2.62. The second-order valence-corrected chi connectivity index (χ2v) is 7.88. The molecule has 1 aromatic carbocycles. The summed E-state index contributed by atoms with van der Waals surface area (Å²) in [7, 11) is 0. The highest BCUT2D eigenvalue weighted by Crippen LogP contribution is 2.29. The first kappa shape index (κ1) is 18.9. The number of benzene rings is 1. The van der Waals surface area contributed by atoms with Crippen molar-refractivity contribution in [3.8, 4) is 0 Å². The van der Waals surface area contributed by atoms with Gasteiger partial charge in [-0.05, 0) is 36.0 Å². The molecule has 1 saturated carbocycles. The van der Waals surface area contributed by atoms with Gasteiger partial charge < -0.3 is 5.32 Å². The van der Waals surface area contributed by atoms with E-state index in [2.05, 4.69) is 24.3 Å². The Morgan fingerprint density at radius 1 is 1.23 bits per heavy atom. The van der Waals surface area contributed by atoms with Gasteiger partial charge >= 0.3 is 0 Å². The van der Waals surface area contributed by atoms with Gasteiger partial charge in [-0.1, -0.05) is 50.4 Å².